The molecule has 0 saturated heterocycles. The Morgan fingerprint density at radius 2 is 2.24 bits per heavy atom. The van der Waals surface area contributed by atoms with Crippen molar-refractivity contribution in [3.63, 3.8) is 0 Å². The van der Waals surface area contributed by atoms with Crippen molar-refractivity contribution in [2.45, 2.75) is 24.7 Å². The van der Waals surface area contributed by atoms with Gasteiger partial charge in [0.05, 0.1) is 23.2 Å². The third-order valence-corrected chi connectivity index (χ3v) is 4.42. The summed E-state index contributed by atoms with van der Waals surface area (Å²) in [5, 5.41) is 16.9. The Morgan fingerprint density at radius 3 is 2.88 bits per heavy atom. The number of hydrogen-bond acceptors (Lipinski definition) is 2. The van der Waals surface area contributed by atoms with Crippen LogP contribution in [-0.4, -0.2) is 10.2 Å². The van der Waals surface area contributed by atoms with E-state index in [2.05, 4.69) is 16.3 Å². The zero-order chi connectivity index (χ0) is 11.7. The van der Waals surface area contributed by atoms with Crippen molar-refractivity contribution < 1.29 is 4.39 Å². The number of hydrogen-bond donors (Lipinski definition) is 1. The molecule has 2 aromatic rings. The maximum absolute atomic E-state index is 14.1. The Labute approximate surface area is 97.2 Å². The molecular formula is C13H10FN3. The summed E-state index contributed by atoms with van der Waals surface area (Å²) in [5.41, 5.74) is 0.875. The van der Waals surface area contributed by atoms with Crippen LogP contribution in [0.5, 0.6) is 0 Å². The summed E-state index contributed by atoms with van der Waals surface area (Å²) < 4.78 is 14.1. The number of aromatic amines is 1. The number of nitriles is 1. The van der Waals surface area contributed by atoms with Gasteiger partial charge in [-0.3, -0.25) is 5.10 Å². The Bertz CT molecular complexity index is 678. The van der Waals surface area contributed by atoms with Gasteiger partial charge in [0.15, 0.2) is 0 Å². The van der Waals surface area contributed by atoms with Gasteiger partial charge in [0, 0.05) is 10.9 Å². The van der Waals surface area contributed by atoms with E-state index in [0.29, 0.717) is 5.56 Å². The predicted molar refractivity (Wildman–Crippen MR) is 59.6 cm³/mol. The van der Waals surface area contributed by atoms with Crippen molar-refractivity contribution in [3.8, 4) is 6.07 Å². The zero-order valence-electron chi connectivity index (χ0n) is 9.13. The van der Waals surface area contributed by atoms with Crippen molar-refractivity contribution in [2.75, 3.05) is 0 Å². The minimum atomic E-state index is -0.573. The van der Waals surface area contributed by atoms with Crippen molar-refractivity contribution >= 4 is 10.9 Å². The highest BCUT2D eigenvalue weighted by Crippen LogP contribution is 2.78. The molecule has 17 heavy (non-hydrogen) atoms. The molecule has 4 heteroatoms. The van der Waals surface area contributed by atoms with Gasteiger partial charge in [-0.2, -0.15) is 10.4 Å². The molecule has 1 aromatic carbocycles. The number of fused-ring (bicyclic) bond motifs is 1. The lowest BCUT2D eigenvalue weighted by atomic mass is 9.92. The summed E-state index contributed by atoms with van der Waals surface area (Å²) in [6, 6.07) is 5.58. The van der Waals surface area contributed by atoms with Crippen LogP contribution in [0.1, 0.15) is 24.8 Å². The quantitative estimate of drug-likeness (QED) is 0.814. The van der Waals surface area contributed by atoms with Gasteiger partial charge in [0.25, 0.3) is 0 Å². The summed E-state index contributed by atoms with van der Waals surface area (Å²) in [5.74, 6) is -0.274. The first-order valence-electron chi connectivity index (χ1n) is 5.75. The van der Waals surface area contributed by atoms with Gasteiger partial charge in [0.1, 0.15) is 5.82 Å². The van der Waals surface area contributed by atoms with E-state index in [-0.39, 0.29) is 11.2 Å². The molecule has 0 amide bonds. The van der Waals surface area contributed by atoms with Crippen molar-refractivity contribution in [3.05, 3.63) is 29.7 Å². The van der Waals surface area contributed by atoms with E-state index < -0.39 is 5.41 Å². The van der Waals surface area contributed by atoms with Crippen LogP contribution in [0.25, 0.3) is 10.9 Å². The highest BCUT2D eigenvalue weighted by atomic mass is 19.1. The van der Waals surface area contributed by atoms with Gasteiger partial charge in [0.2, 0.25) is 0 Å². The van der Waals surface area contributed by atoms with E-state index in [1.807, 2.05) is 0 Å². The van der Waals surface area contributed by atoms with Gasteiger partial charge in [-0.25, -0.2) is 4.39 Å². The van der Waals surface area contributed by atoms with E-state index in [0.717, 1.165) is 30.2 Å². The van der Waals surface area contributed by atoms with E-state index >= 15 is 0 Å². The van der Waals surface area contributed by atoms with Crippen molar-refractivity contribution in [1.29, 1.82) is 5.26 Å². The SMILES string of the molecule is N#CC1(c2cc3[nH]ncc3cc2F)CC12CC2. The lowest BCUT2D eigenvalue weighted by Crippen LogP contribution is -2.10. The van der Waals surface area contributed by atoms with Gasteiger partial charge >= 0.3 is 0 Å². The lowest BCUT2D eigenvalue weighted by molar-refractivity contribution is 0.587. The number of rotatable bonds is 1. The first-order valence-corrected chi connectivity index (χ1v) is 5.75. The van der Waals surface area contributed by atoms with Crippen LogP contribution in [0.15, 0.2) is 18.3 Å². The summed E-state index contributed by atoms with van der Waals surface area (Å²) in [7, 11) is 0. The molecule has 0 aliphatic heterocycles. The number of halogens is 1. The highest BCUT2D eigenvalue weighted by molar-refractivity contribution is 5.79. The number of aromatic nitrogens is 2. The molecule has 4 rings (SSSR count). The molecule has 1 atom stereocenters. The second kappa shape index (κ2) is 2.51. The normalized spacial score (nSPS) is 28.2. The van der Waals surface area contributed by atoms with Gasteiger partial charge in [-0.05, 0) is 36.8 Å². The van der Waals surface area contributed by atoms with Crippen LogP contribution in [0, 0.1) is 22.6 Å². The predicted octanol–water partition coefficient (Wildman–Crippen LogP) is 2.65. The maximum Gasteiger partial charge on any atom is 0.128 e. The number of benzene rings is 1. The molecule has 2 saturated carbocycles. The van der Waals surface area contributed by atoms with Gasteiger partial charge in [-0.1, -0.05) is 0 Å². The van der Waals surface area contributed by atoms with E-state index in [4.69, 9.17) is 0 Å². The summed E-state index contributed by atoms with van der Waals surface area (Å²) in [4.78, 5) is 0. The molecule has 2 aliphatic rings. The minimum absolute atomic E-state index is 0.0935. The van der Waals surface area contributed by atoms with E-state index in [1.165, 1.54) is 6.07 Å². The van der Waals surface area contributed by atoms with Crippen LogP contribution in [0.4, 0.5) is 4.39 Å². The lowest BCUT2D eigenvalue weighted by Gasteiger charge is -2.09. The fourth-order valence-electron chi connectivity index (χ4n) is 3.11. The molecule has 0 radical (unpaired) electrons. The molecule has 3 nitrogen and oxygen atoms in total. The molecule has 2 fully saturated rings. The van der Waals surface area contributed by atoms with Crippen LogP contribution in [-0.2, 0) is 5.41 Å². The van der Waals surface area contributed by atoms with Crippen LogP contribution in [0.3, 0.4) is 0 Å². The number of H-pyrrole nitrogens is 1. The maximum atomic E-state index is 14.1. The summed E-state index contributed by atoms with van der Waals surface area (Å²) in [6.45, 7) is 0. The Hall–Kier alpha value is -1.89. The molecular weight excluding hydrogens is 217 g/mol. The fourth-order valence-corrected chi connectivity index (χ4v) is 3.11. The average Bonchev–Trinajstić information content (AvgIpc) is 3.19. The monoisotopic (exact) mass is 227 g/mol. The zero-order valence-corrected chi connectivity index (χ0v) is 9.13. The third kappa shape index (κ3) is 0.932. The van der Waals surface area contributed by atoms with E-state index in [1.54, 1.807) is 12.3 Å². The van der Waals surface area contributed by atoms with Crippen LogP contribution >= 0.6 is 0 Å². The standard InChI is InChI=1S/C13H10FN3/c14-10-3-8-5-16-17-11(8)4-9(10)13(7-15)6-12(13)1-2-12/h3-5H,1-2,6H2,(H,16,17). The average molecular weight is 227 g/mol. The Balaban J connectivity index is 1.96. The fraction of sp³-hybridized carbons (Fsp3) is 0.385. The topological polar surface area (TPSA) is 52.5 Å². The largest absolute Gasteiger partial charge is 0.278 e. The molecule has 0 bridgehead atoms. The van der Waals surface area contributed by atoms with Gasteiger partial charge < -0.3 is 0 Å². The van der Waals surface area contributed by atoms with Gasteiger partial charge in [-0.15, -0.1) is 0 Å². The van der Waals surface area contributed by atoms with Crippen molar-refractivity contribution in [2.24, 2.45) is 5.41 Å². The van der Waals surface area contributed by atoms with Crippen LogP contribution < -0.4 is 0 Å². The second-order valence-electron chi connectivity index (χ2n) is 5.26. The molecule has 1 N–H and O–H groups in total. The number of nitrogens with zero attached hydrogens (tertiary/aromatic N) is 2. The second-order valence-corrected chi connectivity index (χ2v) is 5.26. The molecule has 1 unspecified atom stereocenters. The molecule has 2 aliphatic carbocycles. The first-order chi connectivity index (χ1) is 8.21. The number of nitrogens with one attached hydrogen (secondary N) is 1. The first kappa shape index (κ1) is 9.17. The van der Waals surface area contributed by atoms with E-state index in [9.17, 15) is 9.65 Å². The highest BCUT2D eigenvalue weighted by Gasteiger charge is 2.76. The third-order valence-electron chi connectivity index (χ3n) is 4.42. The smallest absolute Gasteiger partial charge is 0.128 e. The van der Waals surface area contributed by atoms with Crippen LogP contribution in [0.2, 0.25) is 0 Å². The summed E-state index contributed by atoms with van der Waals surface area (Å²) >= 11 is 0. The Kier molecular flexibility index (Phi) is 1.35. The molecule has 1 spiro atoms. The van der Waals surface area contributed by atoms with Crippen molar-refractivity contribution in [1.82, 2.24) is 10.2 Å². The molecule has 84 valence electrons. The minimum Gasteiger partial charge on any atom is -0.278 e. The summed E-state index contributed by atoms with van der Waals surface area (Å²) in [6.07, 6.45) is 4.52. The molecule has 1 heterocycles. The Morgan fingerprint density at radius 1 is 1.41 bits per heavy atom. The molecule has 1 aromatic heterocycles.